The van der Waals surface area contributed by atoms with Gasteiger partial charge in [-0.1, -0.05) is 42.5 Å². The molecule has 1 fully saturated rings. The maximum absolute atomic E-state index is 13.5. The van der Waals surface area contributed by atoms with Crippen molar-refractivity contribution in [3.8, 4) is 0 Å². The molecule has 2 amide bonds. The van der Waals surface area contributed by atoms with Crippen LogP contribution in [0.1, 0.15) is 34.5 Å². The number of para-hydroxylation sites is 1. The van der Waals surface area contributed by atoms with Gasteiger partial charge in [0.25, 0.3) is 5.91 Å². The number of nitrogens with zero attached hydrogens (tertiary/aromatic N) is 5. The molecule has 3 heterocycles. The molecule has 7 heteroatoms. The average Bonchev–Trinajstić information content (AvgIpc) is 3.55. The van der Waals surface area contributed by atoms with Crippen LogP contribution in [0, 0.1) is 12.8 Å². The Morgan fingerprint density at radius 3 is 2.49 bits per heavy atom. The van der Waals surface area contributed by atoms with Crippen molar-refractivity contribution in [3.05, 3.63) is 89.9 Å². The molecule has 37 heavy (non-hydrogen) atoms. The van der Waals surface area contributed by atoms with Gasteiger partial charge in [-0.25, -0.2) is 0 Å². The van der Waals surface area contributed by atoms with E-state index in [0.29, 0.717) is 19.0 Å². The summed E-state index contributed by atoms with van der Waals surface area (Å²) in [7, 11) is 3.88. The molecule has 7 nitrogen and oxygen atoms in total. The second-order valence-corrected chi connectivity index (χ2v) is 10.2. The highest BCUT2D eigenvalue weighted by molar-refractivity contribution is 5.98. The lowest BCUT2D eigenvalue weighted by Crippen LogP contribution is -2.49. The molecule has 0 N–H and O–H groups in total. The first-order chi connectivity index (χ1) is 17.9. The Kier molecular flexibility index (Phi) is 7.12. The fourth-order valence-corrected chi connectivity index (χ4v) is 5.66. The summed E-state index contributed by atoms with van der Waals surface area (Å²) in [5.41, 5.74) is 4.29. The molecule has 0 bridgehead atoms. The summed E-state index contributed by atoms with van der Waals surface area (Å²) >= 11 is 0. The van der Waals surface area contributed by atoms with Gasteiger partial charge < -0.3 is 14.4 Å². The highest BCUT2D eigenvalue weighted by atomic mass is 16.2. The topological polar surface area (TPSA) is 63.4 Å². The molecule has 1 aliphatic rings. The predicted octanol–water partition coefficient (Wildman–Crippen LogP) is 4.31. The van der Waals surface area contributed by atoms with E-state index in [2.05, 4.69) is 36.3 Å². The number of carbonyl (C=O) groups excluding carboxylic acids is 2. The lowest BCUT2D eigenvalue weighted by Gasteiger charge is -2.40. The fraction of sp³-hybridized carbons (Fsp3) is 0.367. The van der Waals surface area contributed by atoms with E-state index in [1.165, 1.54) is 11.1 Å². The largest absolute Gasteiger partial charge is 0.341 e. The van der Waals surface area contributed by atoms with Gasteiger partial charge >= 0.3 is 0 Å². The van der Waals surface area contributed by atoms with Gasteiger partial charge in [-0.15, -0.1) is 0 Å². The van der Waals surface area contributed by atoms with Crippen molar-refractivity contribution >= 4 is 22.7 Å². The van der Waals surface area contributed by atoms with Crippen molar-refractivity contribution in [3.63, 3.8) is 0 Å². The lowest BCUT2D eigenvalue weighted by atomic mass is 9.84. The highest BCUT2D eigenvalue weighted by Crippen LogP contribution is 2.29. The normalized spacial score (nSPS) is 15.2. The first-order valence-electron chi connectivity index (χ1n) is 13.0. The third-order valence-electron chi connectivity index (χ3n) is 7.98. The molecular weight excluding hydrogens is 462 g/mol. The number of carbonyl (C=O) groups is 2. The van der Waals surface area contributed by atoms with Gasteiger partial charge in [-0.2, -0.15) is 5.10 Å². The number of hydrogen-bond donors (Lipinski definition) is 0. The molecule has 0 radical (unpaired) electrons. The van der Waals surface area contributed by atoms with E-state index in [1.807, 2.05) is 71.1 Å². The summed E-state index contributed by atoms with van der Waals surface area (Å²) in [6.07, 6.45) is 6.05. The number of amides is 2. The van der Waals surface area contributed by atoms with E-state index in [4.69, 9.17) is 0 Å². The second-order valence-electron chi connectivity index (χ2n) is 10.2. The molecule has 1 aliphatic heterocycles. The summed E-state index contributed by atoms with van der Waals surface area (Å²) in [5, 5.41) is 5.29. The van der Waals surface area contributed by atoms with Crippen molar-refractivity contribution in [1.82, 2.24) is 24.1 Å². The first kappa shape index (κ1) is 24.8. The molecule has 1 saturated heterocycles. The molecule has 192 valence electrons. The number of benzene rings is 2. The van der Waals surface area contributed by atoms with Crippen LogP contribution in [0.25, 0.3) is 10.9 Å². The zero-order valence-corrected chi connectivity index (χ0v) is 21.9. The van der Waals surface area contributed by atoms with Crippen LogP contribution in [0.2, 0.25) is 0 Å². The minimum atomic E-state index is 0.0521. The Balaban J connectivity index is 1.31. The van der Waals surface area contributed by atoms with Crippen LogP contribution in [0.15, 0.2) is 73.1 Å². The maximum Gasteiger partial charge on any atom is 0.270 e. The van der Waals surface area contributed by atoms with Gasteiger partial charge in [-0.05, 0) is 61.4 Å². The number of aromatic nitrogens is 3. The van der Waals surface area contributed by atoms with Gasteiger partial charge in [0.1, 0.15) is 12.2 Å². The van der Waals surface area contributed by atoms with Crippen molar-refractivity contribution in [2.24, 2.45) is 13.0 Å². The molecule has 4 aromatic rings. The molecular formula is C30H35N5O2. The van der Waals surface area contributed by atoms with Crippen molar-refractivity contribution in [1.29, 1.82) is 0 Å². The molecule has 2 aromatic carbocycles. The van der Waals surface area contributed by atoms with Crippen molar-refractivity contribution in [2.75, 3.05) is 20.1 Å². The van der Waals surface area contributed by atoms with E-state index in [-0.39, 0.29) is 24.4 Å². The second kappa shape index (κ2) is 10.6. The maximum atomic E-state index is 13.5. The smallest absolute Gasteiger partial charge is 0.270 e. The van der Waals surface area contributed by atoms with Crippen molar-refractivity contribution in [2.45, 2.75) is 38.8 Å². The first-order valence-corrected chi connectivity index (χ1v) is 13.0. The monoisotopic (exact) mass is 497 g/mol. The lowest BCUT2D eigenvalue weighted by molar-refractivity contribution is -0.134. The zero-order valence-electron chi connectivity index (χ0n) is 21.9. The van der Waals surface area contributed by atoms with Gasteiger partial charge in [-0.3, -0.25) is 14.3 Å². The Morgan fingerprint density at radius 1 is 1.05 bits per heavy atom. The van der Waals surface area contributed by atoms with E-state index in [9.17, 15) is 9.59 Å². The van der Waals surface area contributed by atoms with E-state index in [1.54, 1.807) is 10.9 Å². The van der Waals surface area contributed by atoms with E-state index < -0.39 is 0 Å². The molecule has 0 spiro atoms. The summed E-state index contributed by atoms with van der Waals surface area (Å²) < 4.78 is 3.67. The van der Waals surface area contributed by atoms with Crippen molar-refractivity contribution < 1.29 is 9.59 Å². The minimum Gasteiger partial charge on any atom is -0.341 e. The van der Waals surface area contributed by atoms with Crippen LogP contribution in [0.3, 0.4) is 0 Å². The van der Waals surface area contributed by atoms with Gasteiger partial charge in [0.15, 0.2) is 0 Å². The number of piperidine rings is 1. The number of likely N-dealkylation sites (N-methyl/N-ethyl adjacent to an activating group) is 1. The van der Waals surface area contributed by atoms with Gasteiger partial charge in [0.2, 0.25) is 5.91 Å². The third kappa shape index (κ3) is 5.17. The molecule has 0 aliphatic carbocycles. The van der Waals surface area contributed by atoms with Gasteiger partial charge in [0, 0.05) is 56.5 Å². The molecule has 1 atom stereocenters. The number of aryl methyl sites for hydroxylation is 2. The highest BCUT2D eigenvalue weighted by Gasteiger charge is 2.33. The Labute approximate surface area is 218 Å². The predicted molar refractivity (Wildman–Crippen MR) is 145 cm³/mol. The molecule has 5 rings (SSSR count). The van der Waals surface area contributed by atoms with Gasteiger partial charge in [0.05, 0.1) is 0 Å². The number of fused-ring (bicyclic) bond motifs is 1. The minimum absolute atomic E-state index is 0.0521. The number of likely N-dealkylation sites (tertiary alicyclic amines) is 1. The van der Waals surface area contributed by atoms with Crippen LogP contribution in [0.5, 0.6) is 0 Å². The molecule has 0 saturated carbocycles. The van der Waals surface area contributed by atoms with Crippen LogP contribution < -0.4 is 0 Å². The number of hydrogen-bond acceptors (Lipinski definition) is 3. The SMILES string of the molecule is Cc1ccccc1C[C@H](C1CCN(C(=O)c2cc3ccccc3n2C)CC1)N(C)C(=O)Cn1cccn1. The summed E-state index contributed by atoms with van der Waals surface area (Å²) in [4.78, 5) is 30.6. The quantitative estimate of drug-likeness (QED) is 0.382. The third-order valence-corrected chi connectivity index (χ3v) is 7.98. The summed E-state index contributed by atoms with van der Waals surface area (Å²) in [5.74, 6) is 0.440. The Morgan fingerprint density at radius 2 is 1.78 bits per heavy atom. The Bertz CT molecular complexity index is 1380. The molecule has 2 aromatic heterocycles. The summed E-state index contributed by atoms with van der Waals surface area (Å²) in [6, 6.07) is 20.4. The van der Waals surface area contributed by atoms with E-state index in [0.717, 1.165) is 35.9 Å². The van der Waals surface area contributed by atoms with Crippen LogP contribution in [-0.2, 0) is 24.8 Å². The Hall–Kier alpha value is -3.87. The fourth-order valence-electron chi connectivity index (χ4n) is 5.66. The zero-order chi connectivity index (χ0) is 25.9. The average molecular weight is 498 g/mol. The van der Waals surface area contributed by atoms with Crippen LogP contribution in [-0.4, -0.2) is 62.1 Å². The molecule has 0 unspecified atom stereocenters. The van der Waals surface area contributed by atoms with Crippen LogP contribution >= 0.6 is 0 Å². The standard InChI is InChI=1S/C30H35N5O2/c1-22-9-4-5-10-24(22)19-27(33(3)29(36)21-35-16-8-15-31-35)23-13-17-34(18-14-23)30(37)28-20-25-11-6-7-12-26(25)32(28)2/h4-12,15-16,20,23,27H,13-14,17-19,21H2,1-3H3/t27-/m1/s1. The van der Waals surface area contributed by atoms with E-state index >= 15 is 0 Å². The van der Waals surface area contributed by atoms with Crippen LogP contribution in [0.4, 0.5) is 0 Å². The number of rotatable bonds is 7. The summed E-state index contributed by atoms with van der Waals surface area (Å²) in [6.45, 7) is 3.74.